The monoisotopic (exact) mass is 299 g/mol. The Hall–Kier alpha value is -2.49. The van der Waals surface area contributed by atoms with Crippen molar-refractivity contribution in [1.82, 2.24) is 0 Å². The number of carbonyl (C=O) groups is 1. The van der Waals surface area contributed by atoms with Crippen molar-refractivity contribution in [1.29, 1.82) is 0 Å². The number of hydrogen-bond donors (Lipinski definition) is 1. The number of benzene rings is 2. The zero-order valence-corrected chi connectivity index (χ0v) is 13.3. The zero-order chi connectivity index (χ0) is 16.1. The van der Waals surface area contributed by atoms with Gasteiger partial charge in [-0.3, -0.25) is 4.79 Å². The maximum atomic E-state index is 11.7. The first kappa shape index (κ1) is 15.9. The third kappa shape index (κ3) is 3.39. The first-order chi connectivity index (χ1) is 10.6. The van der Waals surface area contributed by atoms with Crippen LogP contribution in [0.2, 0.25) is 0 Å². The van der Waals surface area contributed by atoms with E-state index < -0.39 is 0 Å². The van der Waals surface area contributed by atoms with Crippen molar-refractivity contribution in [2.75, 3.05) is 19.5 Å². The van der Waals surface area contributed by atoms with Gasteiger partial charge in [-0.05, 0) is 23.8 Å². The molecule has 0 fully saturated rings. The van der Waals surface area contributed by atoms with Crippen molar-refractivity contribution in [3.63, 3.8) is 0 Å². The normalized spacial score (nSPS) is 10.4. The van der Waals surface area contributed by atoms with Crippen LogP contribution in [0.15, 0.2) is 42.5 Å². The Bertz CT molecular complexity index is 648. The minimum absolute atomic E-state index is 0.00621. The standard InChI is InChI=1S/C18H21NO3/c1-12(2)18(20)19-14-10-8-13(9-11-14)15-6-5-7-16(21-3)17(15)22-4/h5-12H,1-4H3,(H,19,20). The molecule has 4 heteroatoms. The van der Waals surface area contributed by atoms with Crippen LogP contribution in [0.1, 0.15) is 13.8 Å². The first-order valence-electron chi connectivity index (χ1n) is 7.19. The maximum Gasteiger partial charge on any atom is 0.226 e. The van der Waals surface area contributed by atoms with Gasteiger partial charge in [0.15, 0.2) is 11.5 Å². The van der Waals surface area contributed by atoms with Gasteiger partial charge in [-0.15, -0.1) is 0 Å². The van der Waals surface area contributed by atoms with Crippen LogP contribution in [0.5, 0.6) is 11.5 Å². The fourth-order valence-corrected chi connectivity index (χ4v) is 2.13. The molecule has 0 unspecified atom stereocenters. The predicted molar refractivity (Wildman–Crippen MR) is 88.4 cm³/mol. The summed E-state index contributed by atoms with van der Waals surface area (Å²) in [5.41, 5.74) is 2.73. The summed E-state index contributed by atoms with van der Waals surface area (Å²) in [6.45, 7) is 3.73. The molecule has 2 aromatic rings. The van der Waals surface area contributed by atoms with Crippen molar-refractivity contribution < 1.29 is 14.3 Å². The van der Waals surface area contributed by atoms with Gasteiger partial charge in [0.1, 0.15) is 0 Å². The van der Waals surface area contributed by atoms with E-state index >= 15 is 0 Å². The molecule has 1 amide bonds. The molecule has 0 radical (unpaired) electrons. The summed E-state index contributed by atoms with van der Waals surface area (Å²) >= 11 is 0. The van der Waals surface area contributed by atoms with Crippen molar-refractivity contribution in [2.45, 2.75) is 13.8 Å². The van der Waals surface area contributed by atoms with Crippen LogP contribution in [0.4, 0.5) is 5.69 Å². The Morgan fingerprint density at radius 2 is 1.68 bits per heavy atom. The number of amides is 1. The molecule has 116 valence electrons. The minimum atomic E-state index is -0.0434. The summed E-state index contributed by atoms with van der Waals surface area (Å²) in [7, 11) is 3.24. The molecule has 0 saturated heterocycles. The molecule has 0 aliphatic heterocycles. The summed E-state index contributed by atoms with van der Waals surface area (Å²) in [5, 5.41) is 2.88. The molecule has 2 aromatic carbocycles. The average molecular weight is 299 g/mol. The molecule has 0 aromatic heterocycles. The van der Waals surface area contributed by atoms with Crippen LogP contribution in [0.3, 0.4) is 0 Å². The largest absolute Gasteiger partial charge is 0.493 e. The molecule has 1 N–H and O–H groups in total. The SMILES string of the molecule is COc1cccc(-c2ccc(NC(=O)C(C)C)cc2)c1OC. The van der Waals surface area contributed by atoms with Gasteiger partial charge in [-0.25, -0.2) is 0 Å². The second-order valence-corrected chi connectivity index (χ2v) is 5.26. The Morgan fingerprint density at radius 3 is 2.23 bits per heavy atom. The minimum Gasteiger partial charge on any atom is -0.493 e. The van der Waals surface area contributed by atoms with Crippen LogP contribution in [0.25, 0.3) is 11.1 Å². The second kappa shape index (κ2) is 6.98. The number of carbonyl (C=O) groups excluding carboxylic acids is 1. The highest BCUT2D eigenvalue weighted by Gasteiger charge is 2.12. The van der Waals surface area contributed by atoms with Crippen LogP contribution in [-0.4, -0.2) is 20.1 Å². The zero-order valence-electron chi connectivity index (χ0n) is 13.3. The van der Waals surface area contributed by atoms with E-state index in [0.717, 1.165) is 16.8 Å². The van der Waals surface area contributed by atoms with Crippen LogP contribution in [-0.2, 0) is 4.79 Å². The molecule has 0 atom stereocenters. The fraction of sp³-hybridized carbons (Fsp3) is 0.278. The number of methoxy groups -OCH3 is 2. The predicted octanol–water partition coefficient (Wildman–Crippen LogP) is 3.97. The quantitative estimate of drug-likeness (QED) is 0.909. The fourth-order valence-electron chi connectivity index (χ4n) is 2.13. The lowest BCUT2D eigenvalue weighted by Crippen LogP contribution is -2.17. The molecule has 0 aliphatic carbocycles. The Kier molecular flexibility index (Phi) is 5.04. The van der Waals surface area contributed by atoms with E-state index in [9.17, 15) is 4.79 Å². The van der Waals surface area contributed by atoms with E-state index in [4.69, 9.17) is 9.47 Å². The number of rotatable bonds is 5. The van der Waals surface area contributed by atoms with Crippen molar-refractivity contribution in [3.05, 3.63) is 42.5 Å². The highest BCUT2D eigenvalue weighted by molar-refractivity contribution is 5.92. The lowest BCUT2D eigenvalue weighted by molar-refractivity contribution is -0.118. The summed E-state index contributed by atoms with van der Waals surface area (Å²) < 4.78 is 10.8. The Morgan fingerprint density at radius 1 is 1.00 bits per heavy atom. The van der Waals surface area contributed by atoms with Crippen molar-refractivity contribution in [3.8, 4) is 22.6 Å². The number of hydrogen-bond acceptors (Lipinski definition) is 3. The van der Waals surface area contributed by atoms with Gasteiger partial charge in [0, 0.05) is 17.2 Å². The molecule has 2 rings (SSSR count). The summed E-state index contributed by atoms with van der Waals surface area (Å²) in [6.07, 6.45) is 0. The topological polar surface area (TPSA) is 47.6 Å². The lowest BCUT2D eigenvalue weighted by atomic mass is 10.0. The lowest BCUT2D eigenvalue weighted by Gasteiger charge is -2.13. The smallest absolute Gasteiger partial charge is 0.226 e. The van der Waals surface area contributed by atoms with Crippen LogP contribution in [0, 0.1) is 5.92 Å². The number of anilines is 1. The van der Waals surface area contributed by atoms with Gasteiger partial charge in [-0.2, -0.15) is 0 Å². The van der Waals surface area contributed by atoms with E-state index in [1.165, 1.54) is 0 Å². The molecular formula is C18H21NO3. The number of nitrogens with one attached hydrogen (secondary N) is 1. The highest BCUT2D eigenvalue weighted by atomic mass is 16.5. The van der Waals surface area contributed by atoms with Gasteiger partial charge in [0.2, 0.25) is 5.91 Å². The molecular weight excluding hydrogens is 278 g/mol. The molecule has 0 saturated carbocycles. The van der Waals surface area contributed by atoms with Gasteiger partial charge < -0.3 is 14.8 Å². The molecule has 22 heavy (non-hydrogen) atoms. The summed E-state index contributed by atoms with van der Waals surface area (Å²) in [6, 6.07) is 13.4. The number of para-hydroxylation sites is 1. The van der Waals surface area contributed by atoms with Gasteiger partial charge in [0.05, 0.1) is 14.2 Å². The molecule has 4 nitrogen and oxygen atoms in total. The van der Waals surface area contributed by atoms with E-state index in [1.807, 2.05) is 56.3 Å². The van der Waals surface area contributed by atoms with Gasteiger partial charge in [-0.1, -0.05) is 38.1 Å². The maximum absolute atomic E-state index is 11.7. The molecule has 0 bridgehead atoms. The average Bonchev–Trinajstić information content (AvgIpc) is 2.54. The first-order valence-corrected chi connectivity index (χ1v) is 7.19. The van der Waals surface area contributed by atoms with Gasteiger partial charge in [0.25, 0.3) is 0 Å². The molecule has 0 aliphatic rings. The molecule has 0 heterocycles. The third-order valence-electron chi connectivity index (χ3n) is 3.39. The van der Waals surface area contributed by atoms with Crippen LogP contribution < -0.4 is 14.8 Å². The Balaban J connectivity index is 2.29. The summed E-state index contributed by atoms with van der Waals surface area (Å²) in [4.78, 5) is 11.7. The van der Waals surface area contributed by atoms with E-state index in [2.05, 4.69) is 5.32 Å². The third-order valence-corrected chi connectivity index (χ3v) is 3.39. The molecule has 0 spiro atoms. The van der Waals surface area contributed by atoms with E-state index in [-0.39, 0.29) is 11.8 Å². The summed E-state index contributed by atoms with van der Waals surface area (Å²) in [5.74, 6) is 1.35. The number of ether oxygens (including phenoxy) is 2. The van der Waals surface area contributed by atoms with Crippen molar-refractivity contribution >= 4 is 11.6 Å². The second-order valence-electron chi connectivity index (χ2n) is 5.26. The Labute approximate surface area is 131 Å². The van der Waals surface area contributed by atoms with Crippen molar-refractivity contribution in [2.24, 2.45) is 5.92 Å². The van der Waals surface area contributed by atoms with Gasteiger partial charge >= 0.3 is 0 Å². The van der Waals surface area contributed by atoms with Crippen LogP contribution >= 0.6 is 0 Å². The van der Waals surface area contributed by atoms with E-state index in [1.54, 1.807) is 14.2 Å². The highest BCUT2D eigenvalue weighted by Crippen LogP contribution is 2.37. The van der Waals surface area contributed by atoms with E-state index in [0.29, 0.717) is 11.5 Å².